The number of aromatic nitrogens is 1. The number of carbonyl (C=O) groups excluding carboxylic acids is 1. The van der Waals surface area contributed by atoms with Gasteiger partial charge in [0.05, 0.1) is 16.7 Å². The highest BCUT2D eigenvalue weighted by molar-refractivity contribution is 6.32. The topological polar surface area (TPSA) is 97.5 Å². The molecule has 0 unspecified atom stereocenters. The molecule has 0 aliphatic carbocycles. The maximum absolute atomic E-state index is 11.8. The van der Waals surface area contributed by atoms with Gasteiger partial charge in [-0.05, 0) is 25.1 Å². The van der Waals surface area contributed by atoms with Gasteiger partial charge in [0, 0.05) is 23.5 Å². The smallest absolute Gasteiger partial charge is 0.267 e. The average molecular weight is 319 g/mol. The van der Waals surface area contributed by atoms with Gasteiger partial charge in [-0.25, -0.2) is 5.43 Å². The second-order valence-corrected chi connectivity index (χ2v) is 4.76. The monoisotopic (exact) mass is 318 g/mol. The van der Waals surface area contributed by atoms with E-state index in [1.165, 1.54) is 24.5 Å². The zero-order valence-electron chi connectivity index (χ0n) is 11.5. The summed E-state index contributed by atoms with van der Waals surface area (Å²) < 4.78 is 0. The first-order chi connectivity index (χ1) is 10.5. The number of rotatable bonds is 4. The summed E-state index contributed by atoms with van der Waals surface area (Å²) in [7, 11) is 0. The Hall–Kier alpha value is -2.80. The Morgan fingerprint density at radius 2 is 2.18 bits per heavy atom. The van der Waals surface area contributed by atoms with Gasteiger partial charge in [-0.2, -0.15) is 5.10 Å². The third-order valence-electron chi connectivity index (χ3n) is 2.72. The number of aryl methyl sites for hydroxylation is 1. The van der Waals surface area contributed by atoms with Crippen molar-refractivity contribution < 1.29 is 9.72 Å². The molecule has 0 aliphatic heterocycles. The van der Waals surface area contributed by atoms with Gasteiger partial charge in [-0.3, -0.25) is 19.9 Å². The molecular formula is C14H11ClN4O3. The zero-order chi connectivity index (χ0) is 16.1. The molecular weight excluding hydrogens is 308 g/mol. The van der Waals surface area contributed by atoms with E-state index < -0.39 is 10.8 Å². The summed E-state index contributed by atoms with van der Waals surface area (Å²) >= 11 is 5.71. The molecule has 2 rings (SSSR count). The number of nitrogens with one attached hydrogen (secondary N) is 1. The summed E-state index contributed by atoms with van der Waals surface area (Å²) in [5.74, 6) is -0.424. The van der Waals surface area contributed by atoms with Gasteiger partial charge in [-0.15, -0.1) is 0 Å². The first-order valence-electron chi connectivity index (χ1n) is 6.17. The van der Waals surface area contributed by atoms with E-state index in [0.717, 1.165) is 5.69 Å². The van der Waals surface area contributed by atoms with Crippen LogP contribution in [0.4, 0.5) is 5.69 Å². The number of hydrazone groups is 1. The van der Waals surface area contributed by atoms with Crippen molar-refractivity contribution in [2.45, 2.75) is 6.92 Å². The second kappa shape index (κ2) is 6.77. The van der Waals surface area contributed by atoms with Gasteiger partial charge in [0.15, 0.2) is 0 Å². The fourth-order valence-corrected chi connectivity index (χ4v) is 1.77. The van der Waals surface area contributed by atoms with Gasteiger partial charge in [-0.1, -0.05) is 17.7 Å². The van der Waals surface area contributed by atoms with Crippen LogP contribution in [0.3, 0.4) is 0 Å². The molecule has 0 aliphatic rings. The molecule has 1 aromatic carbocycles. The molecule has 0 spiro atoms. The normalized spacial score (nSPS) is 10.6. The van der Waals surface area contributed by atoms with Crippen LogP contribution >= 0.6 is 11.6 Å². The molecule has 0 radical (unpaired) electrons. The lowest BCUT2D eigenvalue weighted by molar-refractivity contribution is -0.384. The van der Waals surface area contributed by atoms with E-state index in [9.17, 15) is 14.9 Å². The predicted octanol–water partition coefficient (Wildman–Crippen LogP) is 2.72. The van der Waals surface area contributed by atoms with Crippen LogP contribution in [0.25, 0.3) is 0 Å². The molecule has 112 valence electrons. The Kier molecular flexibility index (Phi) is 4.80. The van der Waals surface area contributed by atoms with Gasteiger partial charge in [0.1, 0.15) is 5.02 Å². The quantitative estimate of drug-likeness (QED) is 0.532. The highest BCUT2D eigenvalue weighted by Crippen LogP contribution is 2.24. The molecule has 8 heteroatoms. The van der Waals surface area contributed by atoms with Crippen LogP contribution in [0.15, 0.2) is 41.6 Å². The van der Waals surface area contributed by atoms with Crippen LogP contribution in [0.1, 0.15) is 21.6 Å². The van der Waals surface area contributed by atoms with Crippen molar-refractivity contribution in [3.63, 3.8) is 0 Å². The third-order valence-corrected chi connectivity index (χ3v) is 3.04. The molecule has 0 saturated carbocycles. The number of benzene rings is 1. The van der Waals surface area contributed by atoms with Crippen molar-refractivity contribution in [3.05, 3.63) is 68.5 Å². The summed E-state index contributed by atoms with van der Waals surface area (Å²) in [5.41, 5.74) is 3.70. The summed E-state index contributed by atoms with van der Waals surface area (Å²) in [4.78, 5) is 26.0. The minimum atomic E-state index is -0.587. The van der Waals surface area contributed by atoms with E-state index in [4.69, 9.17) is 11.6 Å². The number of hydrogen-bond donors (Lipinski definition) is 1. The van der Waals surface area contributed by atoms with Crippen LogP contribution in [0, 0.1) is 17.0 Å². The Morgan fingerprint density at radius 3 is 2.82 bits per heavy atom. The zero-order valence-corrected chi connectivity index (χ0v) is 12.2. The van der Waals surface area contributed by atoms with Crippen molar-refractivity contribution in [1.29, 1.82) is 0 Å². The number of halogens is 1. The summed E-state index contributed by atoms with van der Waals surface area (Å²) in [5, 5.41) is 14.6. The molecule has 0 saturated heterocycles. The number of hydrogen-bond acceptors (Lipinski definition) is 5. The van der Waals surface area contributed by atoms with Crippen molar-refractivity contribution in [2.75, 3.05) is 0 Å². The van der Waals surface area contributed by atoms with Crippen LogP contribution in [0.2, 0.25) is 5.02 Å². The molecule has 7 nitrogen and oxygen atoms in total. The number of amides is 1. The van der Waals surface area contributed by atoms with Crippen molar-refractivity contribution in [1.82, 2.24) is 10.4 Å². The fraction of sp³-hybridized carbons (Fsp3) is 0.0714. The maximum atomic E-state index is 11.8. The largest absolute Gasteiger partial charge is 0.288 e. The summed E-state index contributed by atoms with van der Waals surface area (Å²) in [6, 6.07) is 7.55. The number of carbonyl (C=O) groups is 1. The minimum Gasteiger partial charge on any atom is -0.267 e. The molecule has 0 bridgehead atoms. The van der Waals surface area contributed by atoms with E-state index in [-0.39, 0.29) is 10.7 Å². The van der Waals surface area contributed by atoms with Gasteiger partial charge in [0.25, 0.3) is 11.6 Å². The van der Waals surface area contributed by atoms with E-state index >= 15 is 0 Å². The van der Waals surface area contributed by atoms with E-state index in [1.54, 1.807) is 18.2 Å². The minimum absolute atomic E-state index is 0.0388. The molecule has 22 heavy (non-hydrogen) atoms. The Balaban J connectivity index is 2.06. The number of pyridine rings is 1. The first-order valence-corrected chi connectivity index (χ1v) is 6.55. The van der Waals surface area contributed by atoms with Crippen LogP contribution in [0.5, 0.6) is 0 Å². The standard InChI is InChI=1S/C14H11ClN4O3/c1-9-2-4-11(8-16-9)14(20)18-17-7-10-3-5-12(15)13(6-10)19(21)22/h2-8H,1H3,(H,18,20)/b17-7+. The van der Waals surface area contributed by atoms with E-state index in [2.05, 4.69) is 15.5 Å². The van der Waals surface area contributed by atoms with E-state index in [0.29, 0.717) is 11.1 Å². The number of nitro groups is 1. The lowest BCUT2D eigenvalue weighted by Crippen LogP contribution is -2.17. The fourth-order valence-electron chi connectivity index (χ4n) is 1.58. The Labute approximate surface area is 130 Å². The van der Waals surface area contributed by atoms with Crippen molar-refractivity contribution >= 4 is 29.4 Å². The van der Waals surface area contributed by atoms with E-state index in [1.807, 2.05) is 6.92 Å². The molecule has 2 aromatic rings. The highest BCUT2D eigenvalue weighted by atomic mass is 35.5. The third kappa shape index (κ3) is 3.86. The number of nitrogens with zero attached hydrogens (tertiary/aromatic N) is 3. The molecule has 1 heterocycles. The van der Waals surface area contributed by atoms with Gasteiger partial charge >= 0.3 is 0 Å². The first kappa shape index (κ1) is 15.6. The summed E-state index contributed by atoms with van der Waals surface area (Å²) in [6.45, 7) is 1.81. The van der Waals surface area contributed by atoms with Crippen molar-refractivity contribution in [3.8, 4) is 0 Å². The molecule has 1 amide bonds. The molecule has 1 N–H and O–H groups in total. The lowest BCUT2D eigenvalue weighted by Gasteiger charge is -2.00. The molecule has 1 aromatic heterocycles. The Morgan fingerprint density at radius 1 is 1.41 bits per heavy atom. The average Bonchev–Trinajstić information content (AvgIpc) is 2.49. The lowest BCUT2D eigenvalue weighted by atomic mass is 10.2. The molecule has 0 atom stereocenters. The summed E-state index contributed by atoms with van der Waals surface area (Å²) in [6.07, 6.45) is 2.73. The van der Waals surface area contributed by atoms with Crippen LogP contribution in [-0.2, 0) is 0 Å². The van der Waals surface area contributed by atoms with Crippen molar-refractivity contribution in [2.24, 2.45) is 5.10 Å². The van der Waals surface area contributed by atoms with Crippen LogP contribution in [-0.4, -0.2) is 22.0 Å². The second-order valence-electron chi connectivity index (χ2n) is 4.36. The van der Waals surface area contributed by atoms with Gasteiger partial charge in [0.2, 0.25) is 0 Å². The molecule has 0 fully saturated rings. The SMILES string of the molecule is Cc1ccc(C(=O)N/N=C/c2ccc(Cl)c([N+](=O)[O-])c2)cn1. The van der Waals surface area contributed by atoms with Crippen LogP contribution < -0.4 is 5.43 Å². The Bertz CT molecular complexity index is 744. The predicted molar refractivity (Wildman–Crippen MR) is 82.1 cm³/mol. The van der Waals surface area contributed by atoms with Gasteiger partial charge < -0.3 is 0 Å². The highest BCUT2D eigenvalue weighted by Gasteiger charge is 2.11. The maximum Gasteiger partial charge on any atom is 0.288 e. The number of nitro benzene ring substituents is 1.